The Morgan fingerprint density at radius 2 is 2.11 bits per heavy atom. The molecule has 19 heavy (non-hydrogen) atoms. The first kappa shape index (κ1) is 14.9. The summed E-state index contributed by atoms with van der Waals surface area (Å²) in [4.78, 5) is 22.2. The molecule has 0 aliphatic rings. The van der Waals surface area contributed by atoms with Crippen LogP contribution in [0.3, 0.4) is 0 Å². The predicted molar refractivity (Wildman–Crippen MR) is 68.1 cm³/mol. The monoisotopic (exact) mass is 268 g/mol. The molecule has 0 aliphatic heterocycles. The molecule has 1 amide bonds. The van der Waals surface area contributed by atoms with Crippen LogP contribution in [0.4, 0.5) is 5.69 Å². The third-order valence-electron chi connectivity index (χ3n) is 2.29. The number of hydrogen-bond acceptors (Lipinski definition) is 5. The van der Waals surface area contributed by atoms with Gasteiger partial charge in [0.05, 0.1) is 5.69 Å². The Hall–Kier alpha value is -2.12. The third-order valence-corrected chi connectivity index (χ3v) is 2.29. The Kier molecular flexibility index (Phi) is 5.77. The molecule has 0 saturated carbocycles. The van der Waals surface area contributed by atoms with Gasteiger partial charge in [-0.1, -0.05) is 12.1 Å². The highest BCUT2D eigenvalue weighted by Crippen LogP contribution is 2.23. The Balaban J connectivity index is 2.77. The molecule has 0 heterocycles. The molecule has 4 N–H and O–H groups in total. The van der Waals surface area contributed by atoms with Gasteiger partial charge in [0, 0.05) is 13.7 Å². The lowest BCUT2D eigenvalue weighted by Gasteiger charge is -2.15. The summed E-state index contributed by atoms with van der Waals surface area (Å²) in [5.41, 5.74) is 5.74. The molecule has 7 nitrogen and oxygen atoms in total. The average Bonchev–Trinajstić information content (AvgIpc) is 2.39. The number of aliphatic carboxylic acids is 1. The van der Waals surface area contributed by atoms with Crippen LogP contribution in [0, 0.1) is 0 Å². The number of rotatable bonds is 7. The summed E-state index contributed by atoms with van der Waals surface area (Å²) >= 11 is 0. The number of anilines is 1. The van der Waals surface area contributed by atoms with E-state index in [2.05, 4.69) is 5.32 Å². The minimum absolute atomic E-state index is 0.0421. The Morgan fingerprint density at radius 3 is 2.68 bits per heavy atom. The minimum atomic E-state index is -1.10. The molecular weight excluding hydrogens is 252 g/mol. The molecule has 1 aromatic rings. The summed E-state index contributed by atoms with van der Waals surface area (Å²) < 4.78 is 9.96. The topological polar surface area (TPSA) is 111 Å². The highest BCUT2D eigenvalue weighted by molar-refractivity contribution is 5.95. The maximum Gasteiger partial charge on any atom is 0.341 e. The molecule has 0 fully saturated rings. The highest BCUT2D eigenvalue weighted by atomic mass is 16.5. The van der Waals surface area contributed by atoms with E-state index < -0.39 is 24.6 Å². The Labute approximate surface area is 110 Å². The lowest BCUT2D eigenvalue weighted by Crippen LogP contribution is -2.36. The molecule has 1 atom stereocenters. The van der Waals surface area contributed by atoms with Crippen LogP contribution in [-0.2, 0) is 14.3 Å². The average molecular weight is 268 g/mol. The van der Waals surface area contributed by atoms with E-state index in [1.54, 1.807) is 24.3 Å². The van der Waals surface area contributed by atoms with Crippen molar-refractivity contribution in [1.29, 1.82) is 0 Å². The summed E-state index contributed by atoms with van der Waals surface area (Å²) in [6, 6.07) is 6.51. The van der Waals surface area contributed by atoms with E-state index in [0.29, 0.717) is 5.69 Å². The minimum Gasteiger partial charge on any atom is -0.480 e. The molecule has 0 spiro atoms. The van der Waals surface area contributed by atoms with Crippen LogP contribution in [0.25, 0.3) is 0 Å². The number of nitrogens with two attached hydrogens (primary N) is 1. The largest absolute Gasteiger partial charge is 0.480 e. The van der Waals surface area contributed by atoms with E-state index >= 15 is 0 Å². The second-order valence-corrected chi connectivity index (χ2v) is 3.63. The molecule has 1 aromatic carbocycles. The van der Waals surface area contributed by atoms with E-state index in [-0.39, 0.29) is 12.3 Å². The first-order valence-corrected chi connectivity index (χ1v) is 5.55. The van der Waals surface area contributed by atoms with Gasteiger partial charge in [0.15, 0.2) is 6.61 Å². The number of methoxy groups -OCH3 is 1. The number of benzene rings is 1. The van der Waals surface area contributed by atoms with Gasteiger partial charge < -0.3 is 25.6 Å². The standard InChI is InChI=1S/C12H16N2O5/c1-18-10(6-13)12(17)14-8-4-2-3-5-9(8)19-7-11(15)16/h2-5,10H,6-7,13H2,1H3,(H,14,17)(H,15,16). The van der Waals surface area contributed by atoms with Crippen molar-refractivity contribution >= 4 is 17.6 Å². The fourth-order valence-corrected chi connectivity index (χ4v) is 1.36. The second kappa shape index (κ2) is 7.34. The van der Waals surface area contributed by atoms with Crippen LogP contribution >= 0.6 is 0 Å². The van der Waals surface area contributed by atoms with E-state index in [1.165, 1.54) is 7.11 Å². The van der Waals surface area contributed by atoms with Crippen LogP contribution < -0.4 is 15.8 Å². The van der Waals surface area contributed by atoms with Crippen LogP contribution in [0.2, 0.25) is 0 Å². The van der Waals surface area contributed by atoms with Crippen LogP contribution in [-0.4, -0.2) is 43.3 Å². The zero-order valence-electron chi connectivity index (χ0n) is 10.5. The molecule has 7 heteroatoms. The number of carbonyl (C=O) groups is 2. The second-order valence-electron chi connectivity index (χ2n) is 3.63. The summed E-state index contributed by atoms with van der Waals surface area (Å²) in [6.07, 6.45) is -0.771. The number of nitrogens with one attached hydrogen (secondary N) is 1. The molecule has 0 saturated heterocycles. The molecule has 0 radical (unpaired) electrons. The van der Waals surface area contributed by atoms with E-state index in [1.807, 2.05) is 0 Å². The molecule has 1 rings (SSSR count). The van der Waals surface area contributed by atoms with Crippen molar-refractivity contribution in [3.05, 3.63) is 24.3 Å². The van der Waals surface area contributed by atoms with Crippen molar-refractivity contribution < 1.29 is 24.2 Å². The number of carbonyl (C=O) groups excluding carboxylic acids is 1. The lowest BCUT2D eigenvalue weighted by molar-refractivity contribution is -0.139. The molecule has 0 aromatic heterocycles. The zero-order valence-corrected chi connectivity index (χ0v) is 10.5. The summed E-state index contributed by atoms with van der Waals surface area (Å²) in [7, 11) is 1.38. The van der Waals surface area contributed by atoms with Gasteiger partial charge in [-0.25, -0.2) is 4.79 Å². The van der Waals surface area contributed by atoms with Gasteiger partial charge in [-0.3, -0.25) is 4.79 Å². The molecule has 104 valence electrons. The van der Waals surface area contributed by atoms with Gasteiger partial charge >= 0.3 is 5.97 Å². The Morgan fingerprint density at radius 1 is 1.42 bits per heavy atom. The van der Waals surface area contributed by atoms with Crippen molar-refractivity contribution in [1.82, 2.24) is 0 Å². The highest BCUT2D eigenvalue weighted by Gasteiger charge is 2.17. The van der Waals surface area contributed by atoms with Crippen molar-refractivity contribution in [3.8, 4) is 5.75 Å². The fourth-order valence-electron chi connectivity index (χ4n) is 1.36. The van der Waals surface area contributed by atoms with Gasteiger partial charge in [-0.15, -0.1) is 0 Å². The first-order valence-electron chi connectivity index (χ1n) is 5.55. The van der Waals surface area contributed by atoms with Crippen molar-refractivity contribution in [2.45, 2.75) is 6.10 Å². The summed E-state index contributed by atoms with van der Waals surface area (Å²) in [5, 5.41) is 11.1. The van der Waals surface area contributed by atoms with Gasteiger partial charge in [0.25, 0.3) is 5.91 Å². The molecule has 1 unspecified atom stereocenters. The molecular formula is C12H16N2O5. The number of ether oxygens (including phenoxy) is 2. The summed E-state index contributed by atoms with van der Waals surface area (Å²) in [6.45, 7) is -0.446. The summed E-state index contributed by atoms with van der Waals surface area (Å²) in [5.74, 6) is -1.25. The number of carboxylic acid groups (broad SMARTS) is 1. The number of hydrogen-bond donors (Lipinski definition) is 3. The maximum absolute atomic E-state index is 11.8. The molecule has 0 bridgehead atoms. The van der Waals surface area contributed by atoms with Gasteiger partial charge in [-0.2, -0.15) is 0 Å². The fraction of sp³-hybridized carbons (Fsp3) is 0.333. The van der Waals surface area contributed by atoms with Gasteiger partial charge in [0.1, 0.15) is 11.9 Å². The van der Waals surface area contributed by atoms with Crippen molar-refractivity contribution in [3.63, 3.8) is 0 Å². The number of para-hydroxylation sites is 2. The van der Waals surface area contributed by atoms with Gasteiger partial charge in [-0.05, 0) is 12.1 Å². The zero-order chi connectivity index (χ0) is 14.3. The SMILES string of the molecule is COC(CN)C(=O)Nc1ccccc1OCC(=O)O. The maximum atomic E-state index is 11.8. The van der Waals surface area contributed by atoms with Gasteiger partial charge in [0.2, 0.25) is 0 Å². The quantitative estimate of drug-likeness (QED) is 0.645. The molecule has 0 aliphatic carbocycles. The predicted octanol–water partition coefficient (Wildman–Crippen LogP) is 0.0622. The number of amides is 1. The van der Waals surface area contributed by atoms with E-state index in [0.717, 1.165) is 0 Å². The Bertz CT molecular complexity index is 446. The normalized spacial score (nSPS) is 11.7. The van der Waals surface area contributed by atoms with Crippen LogP contribution in [0.15, 0.2) is 24.3 Å². The van der Waals surface area contributed by atoms with Crippen molar-refractivity contribution in [2.24, 2.45) is 5.73 Å². The van der Waals surface area contributed by atoms with Crippen LogP contribution in [0.5, 0.6) is 5.75 Å². The lowest BCUT2D eigenvalue weighted by atomic mass is 10.2. The smallest absolute Gasteiger partial charge is 0.341 e. The van der Waals surface area contributed by atoms with Crippen molar-refractivity contribution in [2.75, 3.05) is 25.6 Å². The number of carboxylic acids is 1. The third kappa shape index (κ3) is 4.57. The first-order chi connectivity index (χ1) is 9.08. The van der Waals surface area contributed by atoms with E-state index in [4.69, 9.17) is 20.3 Å². The van der Waals surface area contributed by atoms with Crippen LogP contribution in [0.1, 0.15) is 0 Å². The van der Waals surface area contributed by atoms with E-state index in [9.17, 15) is 9.59 Å².